The van der Waals surface area contributed by atoms with Gasteiger partial charge in [-0.05, 0) is 24.3 Å². The number of unbranched alkanes of at least 4 members (excludes halogenated alkanes) is 2. The van der Waals surface area contributed by atoms with E-state index in [0.717, 1.165) is 24.8 Å². The molecule has 0 radical (unpaired) electrons. The number of esters is 1. The SMILES string of the molecule is CCCCCC(CCC)C(C(=O)OC)c1ccccc1. The standard InChI is InChI=1S/C18H28O2/c1-4-6-8-12-15(11-5-2)17(18(19)20-3)16-13-9-7-10-14-16/h7,9-10,13-15,17H,4-6,8,11-12H2,1-3H3. The third kappa shape index (κ3) is 4.99. The van der Waals surface area contributed by atoms with Gasteiger partial charge in [0.15, 0.2) is 0 Å². The maximum atomic E-state index is 12.2. The summed E-state index contributed by atoms with van der Waals surface area (Å²) < 4.78 is 5.06. The molecular weight excluding hydrogens is 248 g/mol. The lowest BCUT2D eigenvalue weighted by Crippen LogP contribution is -2.23. The Hall–Kier alpha value is -1.31. The molecule has 1 rings (SSSR count). The van der Waals surface area contributed by atoms with Gasteiger partial charge in [0.25, 0.3) is 0 Å². The molecule has 0 fully saturated rings. The molecule has 20 heavy (non-hydrogen) atoms. The van der Waals surface area contributed by atoms with Crippen molar-refractivity contribution in [2.45, 2.75) is 58.3 Å². The molecule has 0 bridgehead atoms. The van der Waals surface area contributed by atoms with Gasteiger partial charge in [0, 0.05) is 0 Å². The van der Waals surface area contributed by atoms with Crippen LogP contribution in [0.1, 0.15) is 63.9 Å². The normalized spacial score (nSPS) is 13.8. The fraction of sp³-hybridized carbons (Fsp3) is 0.611. The van der Waals surface area contributed by atoms with E-state index in [2.05, 4.69) is 13.8 Å². The minimum Gasteiger partial charge on any atom is -0.469 e. The summed E-state index contributed by atoms with van der Waals surface area (Å²) in [6.07, 6.45) is 6.95. The van der Waals surface area contributed by atoms with Crippen LogP contribution in [0.3, 0.4) is 0 Å². The minimum atomic E-state index is -0.113. The zero-order valence-corrected chi connectivity index (χ0v) is 13.1. The van der Waals surface area contributed by atoms with Crippen molar-refractivity contribution in [1.29, 1.82) is 0 Å². The molecule has 0 saturated carbocycles. The number of hydrogen-bond acceptors (Lipinski definition) is 2. The highest BCUT2D eigenvalue weighted by molar-refractivity contribution is 5.78. The maximum Gasteiger partial charge on any atom is 0.313 e. The predicted molar refractivity (Wildman–Crippen MR) is 83.7 cm³/mol. The van der Waals surface area contributed by atoms with Gasteiger partial charge in [0.2, 0.25) is 0 Å². The summed E-state index contributed by atoms with van der Waals surface area (Å²) >= 11 is 0. The zero-order valence-electron chi connectivity index (χ0n) is 13.1. The van der Waals surface area contributed by atoms with Crippen LogP contribution in [0.15, 0.2) is 30.3 Å². The van der Waals surface area contributed by atoms with E-state index >= 15 is 0 Å². The molecular formula is C18H28O2. The number of ether oxygens (including phenoxy) is 1. The third-order valence-corrected chi connectivity index (χ3v) is 3.92. The van der Waals surface area contributed by atoms with E-state index < -0.39 is 0 Å². The zero-order chi connectivity index (χ0) is 14.8. The Bertz CT molecular complexity index is 372. The molecule has 0 aromatic heterocycles. The van der Waals surface area contributed by atoms with Crippen LogP contribution in [0.25, 0.3) is 0 Å². The van der Waals surface area contributed by atoms with Gasteiger partial charge >= 0.3 is 5.97 Å². The van der Waals surface area contributed by atoms with Gasteiger partial charge in [-0.3, -0.25) is 4.79 Å². The Morgan fingerprint density at radius 2 is 1.75 bits per heavy atom. The smallest absolute Gasteiger partial charge is 0.313 e. The number of rotatable bonds is 9. The van der Waals surface area contributed by atoms with Crippen molar-refractivity contribution >= 4 is 5.97 Å². The van der Waals surface area contributed by atoms with Crippen molar-refractivity contribution in [2.75, 3.05) is 7.11 Å². The molecule has 0 aliphatic rings. The van der Waals surface area contributed by atoms with Crippen LogP contribution in [0, 0.1) is 5.92 Å². The van der Waals surface area contributed by atoms with Crippen molar-refractivity contribution in [3.63, 3.8) is 0 Å². The Morgan fingerprint density at radius 1 is 1.05 bits per heavy atom. The first-order valence-electron chi connectivity index (χ1n) is 7.87. The summed E-state index contributed by atoms with van der Waals surface area (Å²) in [5, 5.41) is 0. The van der Waals surface area contributed by atoms with Crippen LogP contribution in [0.2, 0.25) is 0 Å². The topological polar surface area (TPSA) is 26.3 Å². The second-order valence-corrected chi connectivity index (χ2v) is 5.46. The quantitative estimate of drug-likeness (QED) is 0.471. The fourth-order valence-electron chi connectivity index (χ4n) is 2.89. The van der Waals surface area contributed by atoms with Crippen LogP contribution in [0.4, 0.5) is 0 Å². The summed E-state index contributed by atoms with van der Waals surface area (Å²) in [5.41, 5.74) is 1.09. The largest absolute Gasteiger partial charge is 0.469 e. The highest BCUT2D eigenvalue weighted by atomic mass is 16.5. The van der Waals surface area contributed by atoms with Crippen molar-refractivity contribution < 1.29 is 9.53 Å². The van der Waals surface area contributed by atoms with Crippen molar-refractivity contribution in [3.8, 4) is 0 Å². The van der Waals surface area contributed by atoms with Gasteiger partial charge in [-0.15, -0.1) is 0 Å². The fourth-order valence-corrected chi connectivity index (χ4v) is 2.89. The summed E-state index contributed by atoms with van der Waals surface area (Å²) in [4.78, 5) is 12.2. The Balaban J connectivity index is 2.90. The summed E-state index contributed by atoms with van der Waals surface area (Å²) in [7, 11) is 1.49. The molecule has 0 aliphatic carbocycles. The molecule has 0 saturated heterocycles. The van der Waals surface area contributed by atoms with E-state index in [1.807, 2.05) is 30.3 Å². The van der Waals surface area contributed by atoms with Crippen LogP contribution in [-0.2, 0) is 9.53 Å². The van der Waals surface area contributed by atoms with Gasteiger partial charge in [-0.25, -0.2) is 0 Å². The molecule has 0 spiro atoms. The van der Waals surface area contributed by atoms with Crippen LogP contribution < -0.4 is 0 Å². The van der Waals surface area contributed by atoms with Crippen molar-refractivity contribution in [3.05, 3.63) is 35.9 Å². The number of carbonyl (C=O) groups excluding carboxylic acids is 1. The average Bonchev–Trinajstić information content (AvgIpc) is 2.48. The first-order valence-corrected chi connectivity index (χ1v) is 7.87. The van der Waals surface area contributed by atoms with Crippen LogP contribution in [-0.4, -0.2) is 13.1 Å². The molecule has 1 aromatic rings. The molecule has 2 unspecified atom stereocenters. The lowest BCUT2D eigenvalue weighted by molar-refractivity contribution is -0.144. The summed E-state index contributed by atoms with van der Waals surface area (Å²) in [6.45, 7) is 4.40. The second-order valence-electron chi connectivity index (χ2n) is 5.46. The second kappa shape index (κ2) is 9.57. The third-order valence-electron chi connectivity index (χ3n) is 3.92. The maximum absolute atomic E-state index is 12.2. The Morgan fingerprint density at radius 3 is 2.30 bits per heavy atom. The van der Waals surface area contributed by atoms with Crippen molar-refractivity contribution in [2.24, 2.45) is 5.92 Å². The van der Waals surface area contributed by atoms with Gasteiger partial charge in [-0.1, -0.05) is 69.9 Å². The molecule has 2 atom stereocenters. The van der Waals surface area contributed by atoms with E-state index in [1.165, 1.54) is 26.4 Å². The van der Waals surface area contributed by atoms with Gasteiger partial charge in [0.1, 0.15) is 0 Å². The Labute approximate surface area is 123 Å². The first kappa shape index (κ1) is 16.7. The lowest BCUT2D eigenvalue weighted by atomic mass is 9.80. The van der Waals surface area contributed by atoms with Crippen LogP contribution >= 0.6 is 0 Å². The van der Waals surface area contributed by atoms with E-state index in [4.69, 9.17) is 4.74 Å². The number of carbonyl (C=O) groups is 1. The van der Waals surface area contributed by atoms with E-state index in [-0.39, 0.29) is 11.9 Å². The average molecular weight is 276 g/mol. The molecule has 0 N–H and O–H groups in total. The highest BCUT2D eigenvalue weighted by Gasteiger charge is 2.29. The monoisotopic (exact) mass is 276 g/mol. The lowest BCUT2D eigenvalue weighted by Gasteiger charge is -2.25. The molecule has 1 aromatic carbocycles. The van der Waals surface area contributed by atoms with Gasteiger partial charge in [0.05, 0.1) is 13.0 Å². The van der Waals surface area contributed by atoms with Gasteiger partial charge < -0.3 is 4.74 Å². The Kier molecular flexibility index (Phi) is 8.01. The number of methoxy groups -OCH3 is 1. The molecule has 0 amide bonds. The minimum absolute atomic E-state index is 0.0915. The number of hydrogen-bond donors (Lipinski definition) is 0. The van der Waals surface area contributed by atoms with E-state index in [0.29, 0.717) is 5.92 Å². The molecule has 2 nitrogen and oxygen atoms in total. The first-order chi connectivity index (χ1) is 9.74. The molecule has 2 heteroatoms. The van der Waals surface area contributed by atoms with Gasteiger partial charge in [-0.2, -0.15) is 0 Å². The predicted octanol–water partition coefficient (Wildman–Crippen LogP) is 4.94. The number of benzene rings is 1. The van der Waals surface area contributed by atoms with E-state index in [9.17, 15) is 4.79 Å². The highest BCUT2D eigenvalue weighted by Crippen LogP contribution is 2.33. The van der Waals surface area contributed by atoms with E-state index in [1.54, 1.807) is 0 Å². The summed E-state index contributed by atoms with van der Waals surface area (Å²) in [5.74, 6) is 0.186. The molecule has 0 aliphatic heterocycles. The molecule has 112 valence electrons. The molecule has 0 heterocycles. The summed E-state index contributed by atoms with van der Waals surface area (Å²) in [6, 6.07) is 10.1. The van der Waals surface area contributed by atoms with Crippen LogP contribution in [0.5, 0.6) is 0 Å². The van der Waals surface area contributed by atoms with Crippen molar-refractivity contribution in [1.82, 2.24) is 0 Å².